The first kappa shape index (κ1) is 18.3. The lowest BCUT2D eigenvalue weighted by Gasteiger charge is -2.10. The fourth-order valence-corrected chi connectivity index (χ4v) is 2.86. The summed E-state index contributed by atoms with van der Waals surface area (Å²) in [5, 5.41) is 6.09. The summed E-state index contributed by atoms with van der Waals surface area (Å²) in [5.41, 5.74) is 5.45. The van der Waals surface area contributed by atoms with Crippen molar-refractivity contribution < 1.29 is 9.59 Å². The number of benzene rings is 2. The lowest BCUT2D eigenvalue weighted by Crippen LogP contribution is -2.14. The fourth-order valence-electron chi connectivity index (χ4n) is 2.86. The van der Waals surface area contributed by atoms with Gasteiger partial charge in [0.2, 0.25) is 0 Å². The largest absolute Gasteiger partial charge is 0.355 e. The highest BCUT2D eigenvalue weighted by atomic mass is 16.2. The van der Waals surface area contributed by atoms with Gasteiger partial charge in [-0.15, -0.1) is 0 Å². The Morgan fingerprint density at radius 3 is 2.30 bits per heavy atom. The summed E-state index contributed by atoms with van der Waals surface area (Å²) in [4.78, 5) is 28.2. The Kier molecular flexibility index (Phi) is 5.31. The molecular formula is C22H21N3O2. The molecule has 3 rings (SSSR count). The van der Waals surface area contributed by atoms with Crippen molar-refractivity contribution in [2.75, 3.05) is 10.6 Å². The Balaban J connectivity index is 1.77. The summed E-state index contributed by atoms with van der Waals surface area (Å²) in [6.07, 6.45) is 1.59. The molecule has 0 radical (unpaired) electrons. The highest BCUT2D eigenvalue weighted by molar-refractivity contribution is 6.04. The number of anilines is 3. The van der Waals surface area contributed by atoms with Gasteiger partial charge in [0.25, 0.3) is 5.91 Å². The van der Waals surface area contributed by atoms with E-state index in [1.807, 2.05) is 32.0 Å². The van der Waals surface area contributed by atoms with Gasteiger partial charge in [-0.2, -0.15) is 0 Å². The predicted molar refractivity (Wildman–Crippen MR) is 108 cm³/mol. The SMILES string of the molecule is CC(=O)c1cccc(NC(=O)c2cc(Nc3cc(C)cc(C)c3)ccn2)c1. The van der Waals surface area contributed by atoms with E-state index in [9.17, 15) is 9.59 Å². The minimum atomic E-state index is -0.334. The summed E-state index contributed by atoms with van der Waals surface area (Å²) in [7, 11) is 0. The topological polar surface area (TPSA) is 71.1 Å². The van der Waals surface area contributed by atoms with Crippen LogP contribution in [0.15, 0.2) is 60.8 Å². The number of nitrogens with one attached hydrogen (secondary N) is 2. The van der Waals surface area contributed by atoms with Crippen molar-refractivity contribution in [2.24, 2.45) is 0 Å². The van der Waals surface area contributed by atoms with Crippen LogP contribution in [0.4, 0.5) is 17.1 Å². The number of carbonyl (C=O) groups excluding carboxylic acids is 2. The number of aryl methyl sites for hydroxylation is 2. The summed E-state index contributed by atoms with van der Waals surface area (Å²) in [6.45, 7) is 5.57. The van der Waals surface area contributed by atoms with E-state index in [2.05, 4.69) is 21.7 Å². The van der Waals surface area contributed by atoms with E-state index in [0.29, 0.717) is 11.3 Å². The molecule has 0 saturated heterocycles. The molecule has 27 heavy (non-hydrogen) atoms. The molecule has 2 N–H and O–H groups in total. The molecule has 2 aromatic carbocycles. The van der Waals surface area contributed by atoms with Crippen LogP contribution in [0.5, 0.6) is 0 Å². The van der Waals surface area contributed by atoms with E-state index in [1.54, 1.807) is 36.5 Å². The first-order valence-corrected chi connectivity index (χ1v) is 8.64. The van der Waals surface area contributed by atoms with Crippen molar-refractivity contribution in [1.29, 1.82) is 0 Å². The number of hydrogen-bond acceptors (Lipinski definition) is 4. The molecule has 1 heterocycles. The molecular weight excluding hydrogens is 338 g/mol. The van der Waals surface area contributed by atoms with Gasteiger partial charge in [0.1, 0.15) is 5.69 Å². The van der Waals surface area contributed by atoms with Crippen LogP contribution in [0.1, 0.15) is 38.9 Å². The molecule has 1 aromatic heterocycles. The zero-order valence-corrected chi connectivity index (χ0v) is 15.5. The van der Waals surface area contributed by atoms with Gasteiger partial charge in [-0.1, -0.05) is 18.2 Å². The van der Waals surface area contributed by atoms with E-state index in [-0.39, 0.29) is 17.4 Å². The van der Waals surface area contributed by atoms with Crippen LogP contribution in [0, 0.1) is 13.8 Å². The first-order valence-electron chi connectivity index (χ1n) is 8.64. The highest BCUT2D eigenvalue weighted by Crippen LogP contribution is 2.20. The van der Waals surface area contributed by atoms with Gasteiger partial charge in [-0.05, 0) is 68.3 Å². The minimum Gasteiger partial charge on any atom is -0.355 e. The Hall–Kier alpha value is -3.47. The monoisotopic (exact) mass is 359 g/mol. The second-order valence-corrected chi connectivity index (χ2v) is 6.52. The molecule has 0 atom stereocenters. The summed E-state index contributed by atoms with van der Waals surface area (Å²) in [6, 6.07) is 16.5. The number of Topliss-reactive ketones (excluding diaryl/α,β-unsaturated/α-hetero) is 1. The summed E-state index contributed by atoms with van der Waals surface area (Å²) >= 11 is 0. The molecule has 0 saturated carbocycles. The summed E-state index contributed by atoms with van der Waals surface area (Å²) < 4.78 is 0. The number of hydrogen-bond donors (Lipinski definition) is 2. The maximum Gasteiger partial charge on any atom is 0.274 e. The maximum absolute atomic E-state index is 12.5. The molecule has 136 valence electrons. The van der Waals surface area contributed by atoms with Crippen LogP contribution in [0.25, 0.3) is 0 Å². The summed E-state index contributed by atoms with van der Waals surface area (Å²) in [5.74, 6) is -0.386. The van der Waals surface area contributed by atoms with Gasteiger partial charge in [-0.3, -0.25) is 14.6 Å². The molecule has 0 aliphatic carbocycles. The third-order valence-corrected chi connectivity index (χ3v) is 4.03. The van der Waals surface area contributed by atoms with Crippen LogP contribution in [-0.4, -0.2) is 16.7 Å². The lowest BCUT2D eigenvalue weighted by atomic mass is 10.1. The van der Waals surface area contributed by atoms with Gasteiger partial charge in [0.15, 0.2) is 5.78 Å². The number of ketones is 1. The maximum atomic E-state index is 12.5. The Bertz CT molecular complexity index is 992. The normalized spacial score (nSPS) is 10.3. The standard InChI is InChI=1S/C22H21N3O2/c1-14-9-15(2)11-20(10-14)24-19-7-8-23-21(13-19)22(27)25-18-6-4-5-17(12-18)16(3)26/h4-13H,1-3H3,(H,23,24)(H,25,27). The van der Waals surface area contributed by atoms with Gasteiger partial charge < -0.3 is 10.6 Å². The second kappa shape index (κ2) is 7.83. The van der Waals surface area contributed by atoms with Crippen molar-refractivity contribution in [3.8, 4) is 0 Å². The van der Waals surface area contributed by atoms with Gasteiger partial charge >= 0.3 is 0 Å². The highest BCUT2D eigenvalue weighted by Gasteiger charge is 2.10. The fraction of sp³-hybridized carbons (Fsp3) is 0.136. The third kappa shape index (κ3) is 4.79. The molecule has 5 nitrogen and oxygen atoms in total. The van der Waals surface area contributed by atoms with Crippen LogP contribution in [0.3, 0.4) is 0 Å². The quantitative estimate of drug-likeness (QED) is 0.636. The predicted octanol–water partition coefficient (Wildman–Crippen LogP) is 4.90. The van der Waals surface area contributed by atoms with Crippen molar-refractivity contribution in [2.45, 2.75) is 20.8 Å². The molecule has 0 bridgehead atoms. The number of rotatable bonds is 5. The minimum absolute atomic E-state index is 0.0520. The van der Waals surface area contributed by atoms with Gasteiger partial charge in [0.05, 0.1) is 0 Å². The Morgan fingerprint density at radius 1 is 0.852 bits per heavy atom. The second-order valence-electron chi connectivity index (χ2n) is 6.52. The number of pyridine rings is 1. The average Bonchev–Trinajstić information content (AvgIpc) is 2.61. The van der Waals surface area contributed by atoms with Crippen molar-refractivity contribution in [3.63, 3.8) is 0 Å². The Labute approximate surface area is 158 Å². The number of nitrogens with zero attached hydrogens (tertiary/aromatic N) is 1. The molecule has 0 unspecified atom stereocenters. The van der Waals surface area contributed by atoms with Crippen molar-refractivity contribution >= 4 is 28.8 Å². The van der Waals surface area contributed by atoms with Crippen LogP contribution in [-0.2, 0) is 0 Å². The average molecular weight is 359 g/mol. The molecule has 5 heteroatoms. The number of carbonyl (C=O) groups is 2. The molecule has 0 aliphatic heterocycles. The van der Waals surface area contributed by atoms with Crippen molar-refractivity contribution in [1.82, 2.24) is 4.98 Å². The van der Waals surface area contributed by atoms with E-state index in [4.69, 9.17) is 0 Å². The Morgan fingerprint density at radius 2 is 1.59 bits per heavy atom. The zero-order valence-electron chi connectivity index (χ0n) is 15.5. The van der Waals surface area contributed by atoms with Crippen LogP contribution < -0.4 is 10.6 Å². The van der Waals surface area contributed by atoms with E-state index >= 15 is 0 Å². The van der Waals surface area contributed by atoms with E-state index in [0.717, 1.165) is 22.5 Å². The lowest BCUT2D eigenvalue weighted by molar-refractivity contribution is 0.100. The first-order chi connectivity index (χ1) is 12.9. The molecule has 0 aliphatic rings. The van der Waals surface area contributed by atoms with Crippen molar-refractivity contribution in [3.05, 3.63) is 83.2 Å². The number of aromatic nitrogens is 1. The van der Waals surface area contributed by atoms with Gasteiger partial charge in [-0.25, -0.2) is 0 Å². The molecule has 1 amide bonds. The van der Waals surface area contributed by atoms with Crippen LogP contribution in [0.2, 0.25) is 0 Å². The van der Waals surface area contributed by atoms with E-state index in [1.165, 1.54) is 6.92 Å². The van der Waals surface area contributed by atoms with E-state index < -0.39 is 0 Å². The smallest absolute Gasteiger partial charge is 0.274 e. The zero-order chi connectivity index (χ0) is 19.4. The van der Waals surface area contributed by atoms with Gasteiger partial charge in [0, 0.05) is 28.8 Å². The molecule has 0 fully saturated rings. The third-order valence-electron chi connectivity index (χ3n) is 4.03. The molecule has 0 spiro atoms. The van der Waals surface area contributed by atoms with Crippen LogP contribution >= 0.6 is 0 Å². The molecule has 3 aromatic rings. The number of amides is 1.